The highest BCUT2D eigenvalue weighted by Crippen LogP contribution is 2.39. The number of thioether (sulfide) groups is 1. The van der Waals surface area contributed by atoms with Crippen LogP contribution in [0, 0.1) is 6.92 Å². The van der Waals surface area contributed by atoms with E-state index in [1.807, 2.05) is 62.4 Å². The Morgan fingerprint density at radius 1 is 1.19 bits per heavy atom. The summed E-state index contributed by atoms with van der Waals surface area (Å²) in [5, 5.41) is -0.407. The van der Waals surface area contributed by atoms with Crippen molar-refractivity contribution in [1.82, 2.24) is 0 Å². The lowest BCUT2D eigenvalue weighted by molar-refractivity contribution is -0.142. The summed E-state index contributed by atoms with van der Waals surface area (Å²) in [5.74, 6) is -0.241. The molecule has 21 heavy (non-hydrogen) atoms. The summed E-state index contributed by atoms with van der Waals surface area (Å²) in [7, 11) is 0. The fourth-order valence-corrected chi connectivity index (χ4v) is 3.14. The molecule has 0 bridgehead atoms. The van der Waals surface area contributed by atoms with Gasteiger partial charge < -0.3 is 10.5 Å². The first kappa shape index (κ1) is 15.4. The van der Waals surface area contributed by atoms with Gasteiger partial charge in [0.1, 0.15) is 5.25 Å². The zero-order valence-corrected chi connectivity index (χ0v) is 13.0. The molecule has 0 aliphatic carbocycles. The smallest absolute Gasteiger partial charge is 0.323 e. The summed E-state index contributed by atoms with van der Waals surface area (Å²) < 4.78 is 5.20. The number of para-hydroxylation sites is 1. The molecule has 0 heterocycles. The van der Waals surface area contributed by atoms with Gasteiger partial charge in [-0.1, -0.05) is 42.5 Å². The Bertz CT molecular complexity index is 613. The molecule has 0 spiro atoms. The van der Waals surface area contributed by atoms with Gasteiger partial charge in [0.15, 0.2) is 0 Å². The van der Waals surface area contributed by atoms with Crippen molar-refractivity contribution in [3.05, 3.63) is 59.7 Å². The van der Waals surface area contributed by atoms with E-state index < -0.39 is 5.25 Å². The summed E-state index contributed by atoms with van der Waals surface area (Å²) in [6.45, 7) is 4.14. The van der Waals surface area contributed by atoms with Crippen LogP contribution in [0.5, 0.6) is 0 Å². The number of anilines is 1. The summed E-state index contributed by atoms with van der Waals surface area (Å²) >= 11 is 1.43. The molecule has 2 N–H and O–H groups in total. The van der Waals surface area contributed by atoms with Crippen LogP contribution in [0.2, 0.25) is 0 Å². The number of hydrogen-bond acceptors (Lipinski definition) is 4. The van der Waals surface area contributed by atoms with Gasteiger partial charge in [-0.15, -0.1) is 11.8 Å². The molecule has 0 saturated heterocycles. The number of benzene rings is 2. The molecule has 0 amide bonds. The molecular weight excluding hydrogens is 282 g/mol. The number of carbonyl (C=O) groups excluding carboxylic acids is 1. The first-order valence-corrected chi connectivity index (χ1v) is 7.74. The highest BCUT2D eigenvalue weighted by atomic mass is 32.2. The van der Waals surface area contributed by atoms with Crippen LogP contribution in [-0.2, 0) is 9.53 Å². The first-order valence-electron chi connectivity index (χ1n) is 6.86. The first-order chi connectivity index (χ1) is 10.1. The number of hydrogen-bond donors (Lipinski definition) is 1. The number of esters is 1. The standard InChI is InChI=1S/C17H19NO2S/c1-3-20-17(19)16(13-9-5-4-6-10-13)21-14-11-7-8-12(2)15(14)18/h4-11,16H,3,18H2,1-2H3. The van der Waals surface area contributed by atoms with Crippen LogP contribution in [0.25, 0.3) is 0 Å². The summed E-state index contributed by atoms with van der Waals surface area (Å²) in [6, 6.07) is 15.5. The second-order valence-electron chi connectivity index (χ2n) is 4.65. The number of ether oxygens (including phenoxy) is 1. The zero-order valence-electron chi connectivity index (χ0n) is 12.2. The highest BCUT2D eigenvalue weighted by molar-refractivity contribution is 8.00. The van der Waals surface area contributed by atoms with Gasteiger partial charge in [-0.2, -0.15) is 0 Å². The Hall–Kier alpha value is -1.94. The Morgan fingerprint density at radius 3 is 2.57 bits per heavy atom. The van der Waals surface area contributed by atoms with Crippen LogP contribution >= 0.6 is 11.8 Å². The van der Waals surface area contributed by atoms with Gasteiger partial charge in [0.2, 0.25) is 0 Å². The molecule has 0 saturated carbocycles. The van der Waals surface area contributed by atoms with Gasteiger partial charge in [-0.05, 0) is 31.0 Å². The molecule has 0 aromatic heterocycles. The number of carbonyl (C=O) groups is 1. The predicted octanol–water partition coefficient (Wildman–Crippen LogP) is 3.97. The van der Waals surface area contributed by atoms with E-state index >= 15 is 0 Å². The van der Waals surface area contributed by atoms with Crippen LogP contribution < -0.4 is 5.73 Å². The van der Waals surface area contributed by atoms with Gasteiger partial charge in [-0.25, -0.2) is 0 Å². The number of nitrogen functional groups attached to an aromatic ring is 1. The number of nitrogens with two attached hydrogens (primary N) is 1. The lowest BCUT2D eigenvalue weighted by atomic mass is 10.1. The van der Waals surface area contributed by atoms with Crippen LogP contribution in [0.1, 0.15) is 23.3 Å². The van der Waals surface area contributed by atoms with E-state index in [0.717, 1.165) is 16.0 Å². The average Bonchev–Trinajstić information content (AvgIpc) is 2.50. The van der Waals surface area contributed by atoms with Crippen molar-refractivity contribution in [3.63, 3.8) is 0 Å². The Balaban J connectivity index is 2.32. The van der Waals surface area contributed by atoms with E-state index in [1.54, 1.807) is 0 Å². The minimum Gasteiger partial charge on any atom is -0.465 e. The zero-order chi connectivity index (χ0) is 15.2. The Labute approximate surface area is 129 Å². The minimum absolute atomic E-state index is 0.241. The maximum absolute atomic E-state index is 12.3. The quantitative estimate of drug-likeness (QED) is 0.516. The van der Waals surface area contributed by atoms with Crippen LogP contribution in [0.4, 0.5) is 5.69 Å². The lowest BCUT2D eigenvalue weighted by Gasteiger charge is -2.17. The molecule has 3 nitrogen and oxygen atoms in total. The van der Waals surface area contributed by atoms with Crippen molar-refractivity contribution in [2.24, 2.45) is 0 Å². The molecule has 1 unspecified atom stereocenters. The molecule has 0 fully saturated rings. The SMILES string of the molecule is CCOC(=O)C(Sc1cccc(C)c1N)c1ccccc1. The topological polar surface area (TPSA) is 52.3 Å². The third-order valence-electron chi connectivity index (χ3n) is 3.13. The van der Waals surface area contributed by atoms with Crippen molar-refractivity contribution >= 4 is 23.4 Å². The second kappa shape index (κ2) is 7.18. The van der Waals surface area contributed by atoms with Crippen molar-refractivity contribution in [2.75, 3.05) is 12.3 Å². The molecule has 2 aromatic carbocycles. The molecule has 1 atom stereocenters. The third-order valence-corrected chi connectivity index (χ3v) is 4.44. The summed E-state index contributed by atoms with van der Waals surface area (Å²) in [5.41, 5.74) is 8.75. The predicted molar refractivity (Wildman–Crippen MR) is 87.3 cm³/mol. The molecule has 2 aromatic rings. The van der Waals surface area contributed by atoms with E-state index in [1.165, 1.54) is 11.8 Å². The van der Waals surface area contributed by atoms with Crippen molar-refractivity contribution in [2.45, 2.75) is 24.0 Å². The average molecular weight is 301 g/mol. The van der Waals surface area contributed by atoms with Crippen molar-refractivity contribution in [3.8, 4) is 0 Å². The number of aryl methyl sites for hydroxylation is 1. The number of rotatable bonds is 5. The molecule has 0 aliphatic heterocycles. The van der Waals surface area contributed by atoms with Gasteiger partial charge >= 0.3 is 5.97 Å². The fourth-order valence-electron chi connectivity index (χ4n) is 1.98. The normalized spacial score (nSPS) is 11.9. The van der Waals surface area contributed by atoms with Crippen molar-refractivity contribution in [1.29, 1.82) is 0 Å². The fraction of sp³-hybridized carbons (Fsp3) is 0.235. The third kappa shape index (κ3) is 3.79. The Kier molecular flexibility index (Phi) is 5.28. The van der Waals surface area contributed by atoms with Gasteiger partial charge in [0.05, 0.1) is 6.61 Å². The molecule has 0 radical (unpaired) electrons. The van der Waals surface area contributed by atoms with Crippen molar-refractivity contribution < 1.29 is 9.53 Å². The van der Waals surface area contributed by atoms with Gasteiger partial charge in [0, 0.05) is 10.6 Å². The maximum Gasteiger partial charge on any atom is 0.323 e. The highest BCUT2D eigenvalue weighted by Gasteiger charge is 2.24. The van der Waals surface area contributed by atoms with Gasteiger partial charge in [0.25, 0.3) is 0 Å². The molecular formula is C17H19NO2S. The summed E-state index contributed by atoms with van der Waals surface area (Å²) in [6.07, 6.45) is 0. The van der Waals surface area contributed by atoms with Crippen LogP contribution in [0.3, 0.4) is 0 Å². The largest absolute Gasteiger partial charge is 0.465 e. The maximum atomic E-state index is 12.3. The van der Waals surface area contributed by atoms with E-state index in [4.69, 9.17) is 10.5 Å². The van der Waals surface area contributed by atoms with Crippen LogP contribution in [0.15, 0.2) is 53.4 Å². The lowest BCUT2D eigenvalue weighted by Crippen LogP contribution is -2.13. The molecule has 4 heteroatoms. The van der Waals surface area contributed by atoms with E-state index in [0.29, 0.717) is 12.3 Å². The van der Waals surface area contributed by atoms with Crippen LogP contribution in [-0.4, -0.2) is 12.6 Å². The van der Waals surface area contributed by atoms with E-state index in [2.05, 4.69) is 0 Å². The molecule has 110 valence electrons. The monoisotopic (exact) mass is 301 g/mol. The molecule has 0 aliphatic rings. The second-order valence-corrected chi connectivity index (χ2v) is 5.79. The van der Waals surface area contributed by atoms with E-state index in [9.17, 15) is 4.79 Å². The minimum atomic E-state index is -0.407. The Morgan fingerprint density at radius 2 is 1.90 bits per heavy atom. The molecule has 2 rings (SSSR count). The summed E-state index contributed by atoms with van der Waals surface area (Å²) in [4.78, 5) is 13.2. The van der Waals surface area contributed by atoms with Gasteiger partial charge in [-0.3, -0.25) is 4.79 Å². The van der Waals surface area contributed by atoms with E-state index in [-0.39, 0.29) is 5.97 Å².